The molecule has 4 rings (SSSR count). The van der Waals surface area contributed by atoms with Gasteiger partial charge in [0.15, 0.2) is 5.60 Å². The Hall–Kier alpha value is -2.96. The summed E-state index contributed by atoms with van der Waals surface area (Å²) in [6.45, 7) is 2.15. The number of fused-ring (bicyclic) bond motifs is 2. The number of carbonyl (C=O) groups excluding carboxylic acids is 2. The van der Waals surface area contributed by atoms with Crippen LogP contribution in [-0.4, -0.2) is 39.6 Å². The summed E-state index contributed by atoms with van der Waals surface area (Å²) in [7, 11) is 0. The van der Waals surface area contributed by atoms with Crippen LogP contribution in [0.4, 0.5) is 5.69 Å². The number of nitrogens with one attached hydrogen (secondary N) is 1. The van der Waals surface area contributed by atoms with Crippen LogP contribution in [0, 0.1) is 5.92 Å². The van der Waals surface area contributed by atoms with Gasteiger partial charge in [-0.3, -0.25) is 9.59 Å². The minimum Gasteiger partial charge on any atom is -0.394 e. The number of anilines is 1. The minimum atomic E-state index is -1.66. The van der Waals surface area contributed by atoms with Gasteiger partial charge in [-0.2, -0.15) is 0 Å². The molecule has 0 saturated carbocycles. The molecule has 0 aromatic heterocycles. The van der Waals surface area contributed by atoms with Crippen LogP contribution in [0.2, 0.25) is 0 Å². The van der Waals surface area contributed by atoms with E-state index >= 15 is 0 Å². The number of aliphatic hydroxyl groups is 2. The van der Waals surface area contributed by atoms with Crippen molar-refractivity contribution in [1.82, 2.24) is 4.90 Å². The normalized spacial score (nSPS) is 23.8. The summed E-state index contributed by atoms with van der Waals surface area (Å²) in [6.07, 6.45) is 4.19. The lowest BCUT2D eigenvalue weighted by Crippen LogP contribution is -2.46. The molecule has 6 heteroatoms. The maximum Gasteiger partial charge on any atom is 0.261 e. The maximum absolute atomic E-state index is 12.8. The minimum absolute atomic E-state index is 0.0864. The molecular weight excluding hydrogens is 380 g/mol. The van der Waals surface area contributed by atoms with Gasteiger partial charge in [0.05, 0.1) is 12.6 Å². The monoisotopic (exact) mass is 406 g/mol. The smallest absolute Gasteiger partial charge is 0.261 e. The Morgan fingerprint density at radius 2 is 1.93 bits per heavy atom. The lowest BCUT2D eigenvalue weighted by atomic mass is 9.83. The highest BCUT2D eigenvalue weighted by Gasteiger charge is 2.48. The van der Waals surface area contributed by atoms with Crippen molar-refractivity contribution in [3.8, 4) is 0 Å². The van der Waals surface area contributed by atoms with Crippen molar-refractivity contribution in [3.05, 3.63) is 77.4 Å². The predicted octanol–water partition coefficient (Wildman–Crippen LogP) is 2.35. The Kier molecular flexibility index (Phi) is 5.45. The van der Waals surface area contributed by atoms with Gasteiger partial charge in [0.1, 0.15) is 0 Å². The summed E-state index contributed by atoms with van der Waals surface area (Å²) in [5, 5.41) is 23.6. The molecular formula is C24H26N2O4. The number of nitrogens with zero attached hydrogens (tertiary/aromatic N) is 1. The molecule has 3 N–H and O–H groups in total. The first-order chi connectivity index (χ1) is 14.4. The van der Waals surface area contributed by atoms with Crippen LogP contribution in [0.3, 0.4) is 0 Å². The first-order valence-electron chi connectivity index (χ1n) is 10.2. The van der Waals surface area contributed by atoms with E-state index in [0.29, 0.717) is 24.2 Å². The third-order valence-corrected chi connectivity index (χ3v) is 6.19. The standard InChI is InChI=1S/C24H26N2O4/c1-16(24(30)20-10-4-5-11-21(20)25-23(24)29)7-6-12-22(28)26-14-18-9-3-2-8-17(18)13-19(26)15-27/h2-11,16,19,27,30H,12-15H2,1H3,(H,25,29)/b7-6+/t16-,19-,24+/m0/s1. The Labute approximate surface area is 175 Å². The van der Waals surface area contributed by atoms with Crippen LogP contribution in [0.5, 0.6) is 0 Å². The zero-order valence-electron chi connectivity index (χ0n) is 16.9. The number of amides is 2. The third-order valence-electron chi connectivity index (χ3n) is 6.19. The summed E-state index contributed by atoms with van der Waals surface area (Å²) in [4.78, 5) is 27.0. The van der Waals surface area contributed by atoms with E-state index in [1.54, 1.807) is 48.2 Å². The quantitative estimate of drug-likeness (QED) is 0.665. The number of hydrogen-bond donors (Lipinski definition) is 3. The lowest BCUT2D eigenvalue weighted by molar-refractivity contribution is -0.137. The molecule has 6 nitrogen and oxygen atoms in total. The van der Waals surface area contributed by atoms with Crippen LogP contribution in [0.15, 0.2) is 60.7 Å². The molecule has 2 aromatic rings. The Morgan fingerprint density at radius 1 is 1.23 bits per heavy atom. The highest BCUT2D eigenvalue weighted by molar-refractivity contribution is 6.05. The van der Waals surface area contributed by atoms with Crippen molar-refractivity contribution in [2.75, 3.05) is 11.9 Å². The Morgan fingerprint density at radius 3 is 2.70 bits per heavy atom. The lowest BCUT2D eigenvalue weighted by Gasteiger charge is -2.36. The zero-order chi connectivity index (χ0) is 21.3. The van der Waals surface area contributed by atoms with Crippen LogP contribution >= 0.6 is 0 Å². The second-order valence-electron chi connectivity index (χ2n) is 8.02. The van der Waals surface area contributed by atoms with Gasteiger partial charge in [-0.1, -0.05) is 61.5 Å². The van der Waals surface area contributed by atoms with Gasteiger partial charge in [0.25, 0.3) is 5.91 Å². The number of hydrogen-bond acceptors (Lipinski definition) is 4. The van der Waals surface area contributed by atoms with Crippen molar-refractivity contribution in [2.24, 2.45) is 5.92 Å². The zero-order valence-corrected chi connectivity index (χ0v) is 16.9. The molecule has 0 unspecified atom stereocenters. The summed E-state index contributed by atoms with van der Waals surface area (Å²) in [5.41, 5.74) is 1.76. The average molecular weight is 406 g/mol. The van der Waals surface area contributed by atoms with E-state index in [2.05, 4.69) is 5.32 Å². The van der Waals surface area contributed by atoms with Gasteiger partial charge in [-0.25, -0.2) is 0 Å². The summed E-state index contributed by atoms with van der Waals surface area (Å²) >= 11 is 0. The van der Waals surface area contributed by atoms with Gasteiger partial charge in [0, 0.05) is 30.1 Å². The van der Waals surface area contributed by atoms with Gasteiger partial charge in [0.2, 0.25) is 5.91 Å². The van der Waals surface area contributed by atoms with E-state index < -0.39 is 17.4 Å². The highest BCUT2D eigenvalue weighted by atomic mass is 16.3. The molecule has 2 aliphatic rings. The van der Waals surface area contributed by atoms with Gasteiger partial charge < -0.3 is 20.4 Å². The molecule has 156 valence electrons. The molecule has 0 fully saturated rings. The number of aliphatic hydroxyl groups excluding tert-OH is 1. The molecule has 3 atom stereocenters. The van der Waals surface area contributed by atoms with E-state index in [1.165, 1.54) is 0 Å². The number of benzene rings is 2. The van der Waals surface area contributed by atoms with E-state index in [1.807, 2.05) is 24.3 Å². The fourth-order valence-corrected chi connectivity index (χ4v) is 4.39. The van der Waals surface area contributed by atoms with Crippen molar-refractivity contribution in [1.29, 1.82) is 0 Å². The predicted molar refractivity (Wildman–Crippen MR) is 113 cm³/mol. The number of rotatable bonds is 5. The molecule has 2 heterocycles. The van der Waals surface area contributed by atoms with Crippen LogP contribution in [0.1, 0.15) is 30.0 Å². The molecule has 0 radical (unpaired) electrons. The Balaban J connectivity index is 1.45. The molecule has 0 saturated heterocycles. The van der Waals surface area contributed by atoms with Crippen LogP contribution in [0.25, 0.3) is 0 Å². The fourth-order valence-electron chi connectivity index (χ4n) is 4.39. The van der Waals surface area contributed by atoms with E-state index in [9.17, 15) is 19.8 Å². The first kappa shape index (κ1) is 20.3. The summed E-state index contributed by atoms with van der Waals surface area (Å²) in [6, 6.07) is 14.8. The van der Waals surface area contributed by atoms with E-state index in [0.717, 1.165) is 11.1 Å². The molecule has 2 aromatic carbocycles. The Bertz CT molecular complexity index is 1000. The molecule has 0 spiro atoms. The van der Waals surface area contributed by atoms with E-state index in [-0.39, 0.29) is 25.0 Å². The molecule has 2 amide bonds. The van der Waals surface area contributed by atoms with Gasteiger partial charge in [-0.15, -0.1) is 0 Å². The largest absolute Gasteiger partial charge is 0.394 e. The van der Waals surface area contributed by atoms with Crippen LogP contribution < -0.4 is 5.32 Å². The summed E-state index contributed by atoms with van der Waals surface area (Å²) in [5.74, 6) is -1.06. The van der Waals surface area contributed by atoms with Gasteiger partial charge >= 0.3 is 0 Å². The fraction of sp³-hybridized carbons (Fsp3) is 0.333. The average Bonchev–Trinajstić information content (AvgIpc) is 3.03. The molecule has 0 aliphatic carbocycles. The number of carbonyl (C=O) groups is 2. The van der Waals surface area contributed by atoms with Gasteiger partial charge in [-0.05, 0) is 23.6 Å². The molecule has 0 bridgehead atoms. The van der Waals surface area contributed by atoms with Crippen LogP contribution in [-0.2, 0) is 28.2 Å². The second kappa shape index (κ2) is 8.05. The molecule has 2 aliphatic heterocycles. The highest BCUT2D eigenvalue weighted by Crippen LogP contribution is 2.41. The third kappa shape index (κ3) is 3.42. The van der Waals surface area contributed by atoms with Crippen molar-refractivity contribution < 1.29 is 19.8 Å². The SMILES string of the molecule is C[C@@H](/C=C/CC(=O)N1Cc2ccccc2C[C@H]1CO)[C@]1(O)C(=O)Nc2ccccc21. The topological polar surface area (TPSA) is 89.9 Å². The molecule has 30 heavy (non-hydrogen) atoms. The summed E-state index contributed by atoms with van der Waals surface area (Å²) < 4.78 is 0. The first-order valence-corrected chi connectivity index (χ1v) is 10.2. The second-order valence-corrected chi connectivity index (χ2v) is 8.02. The number of para-hydroxylation sites is 1. The maximum atomic E-state index is 12.8. The van der Waals surface area contributed by atoms with Crippen molar-refractivity contribution in [3.63, 3.8) is 0 Å². The van der Waals surface area contributed by atoms with E-state index in [4.69, 9.17) is 0 Å². The van der Waals surface area contributed by atoms with Crippen molar-refractivity contribution >= 4 is 17.5 Å². The van der Waals surface area contributed by atoms with Crippen molar-refractivity contribution in [2.45, 2.75) is 38.0 Å².